The van der Waals surface area contributed by atoms with E-state index in [2.05, 4.69) is 33.0 Å². The van der Waals surface area contributed by atoms with Gasteiger partial charge in [-0.1, -0.05) is 33.8 Å². The summed E-state index contributed by atoms with van der Waals surface area (Å²) in [4.78, 5) is 5.43. The average Bonchev–Trinajstić information content (AvgIpc) is 2.70. The van der Waals surface area contributed by atoms with E-state index in [0.717, 1.165) is 14.4 Å². The van der Waals surface area contributed by atoms with Crippen molar-refractivity contribution in [2.24, 2.45) is 5.73 Å². The fourth-order valence-electron chi connectivity index (χ4n) is 1.33. The Morgan fingerprint density at radius 2 is 2.31 bits per heavy atom. The van der Waals surface area contributed by atoms with Crippen LogP contribution >= 0.6 is 39.0 Å². The maximum absolute atomic E-state index is 5.95. The van der Waals surface area contributed by atoms with E-state index < -0.39 is 0 Å². The van der Waals surface area contributed by atoms with Gasteiger partial charge in [-0.15, -0.1) is 11.3 Å². The second-order valence-corrected chi connectivity index (χ2v) is 6.47. The maximum Gasteiger partial charge on any atom is 0.154 e. The van der Waals surface area contributed by atoms with Crippen LogP contribution in [0.5, 0.6) is 0 Å². The van der Waals surface area contributed by atoms with Gasteiger partial charge in [0.1, 0.15) is 0 Å². The van der Waals surface area contributed by atoms with Crippen molar-refractivity contribution >= 4 is 39.0 Å². The summed E-state index contributed by atoms with van der Waals surface area (Å²) in [5.74, 6) is 0. The molecule has 2 aromatic rings. The van der Waals surface area contributed by atoms with Gasteiger partial charge < -0.3 is 5.73 Å². The number of hydrogen-bond acceptors (Lipinski definition) is 4. The van der Waals surface area contributed by atoms with Crippen molar-refractivity contribution in [3.63, 3.8) is 0 Å². The molecule has 0 amide bonds. The lowest BCUT2D eigenvalue weighted by Crippen LogP contribution is -2.06. The molecule has 1 aromatic carbocycles. The molecule has 0 aliphatic carbocycles. The largest absolute Gasteiger partial charge is 0.324 e. The normalized spacial score (nSPS) is 12.7. The number of rotatable bonds is 3. The molecule has 1 aromatic heterocycles. The summed E-state index contributed by atoms with van der Waals surface area (Å²) in [6.45, 7) is 2.00. The predicted octanol–water partition coefficient (Wildman–Crippen LogP) is 4.08. The summed E-state index contributed by atoms with van der Waals surface area (Å²) in [7, 11) is 0. The van der Waals surface area contributed by atoms with Crippen LogP contribution in [0.25, 0.3) is 0 Å². The molecule has 1 heterocycles. The SMILES string of the molecule is CC(N)c1ccc(Br)cc1Sc1nccs1. The van der Waals surface area contributed by atoms with Crippen molar-refractivity contribution in [3.05, 3.63) is 39.8 Å². The van der Waals surface area contributed by atoms with Gasteiger partial charge in [0.2, 0.25) is 0 Å². The lowest BCUT2D eigenvalue weighted by molar-refractivity contribution is 0.797. The summed E-state index contributed by atoms with van der Waals surface area (Å²) in [5.41, 5.74) is 7.10. The first-order valence-electron chi connectivity index (χ1n) is 4.79. The Balaban J connectivity index is 2.34. The molecule has 1 atom stereocenters. The Morgan fingerprint density at radius 3 is 2.94 bits per heavy atom. The first kappa shape index (κ1) is 12.1. The molecule has 0 fully saturated rings. The van der Waals surface area contributed by atoms with Crippen LogP contribution in [0.4, 0.5) is 0 Å². The van der Waals surface area contributed by atoms with E-state index in [1.54, 1.807) is 23.1 Å². The highest BCUT2D eigenvalue weighted by Gasteiger charge is 2.10. The van der Waals surface area contributed by atoms with E-state index in [1.165, 1.54) is 4.90 Å². The summed E-state index contributed by atoms with van der Waals surface area (Å²) in [5, 5.41) is 1.98. The molecule has 0 aliphatic heterocycles. The lowest BCUT2D eigenvalue weighted by atomic mass is 10.1. The van der Waals surface area contributed by atoms with E-state index in [-0.39, 0.29) is 6.04 Å². The van der Waals surface area contributed by atoms with Gasteiger partial charge in [0, 0.05) is 27.0 Å². The number of benzene rings is 1. The number of hydrogen-bond donors (Lipinski definition) is 1. The molecule has 0 saturated carbocycles. The predicted molar refractivity (Wildman–Crippen MR) is 73.0 cm³/mol. The van der Waals surface area contributed by atoms with E-state index in [0.29, 0.717) is 0 Å². The van der Waals surface area contributed by atoms with Crippen LogP contribution in [-0.4, -0.2) is 4.98 Å². The van der Waals surface area contributed by atoms with Crippen LogP contribution in [-0.2, 0) is 0 Å². The monoisotopic (exact) mass is 314 g/mol. The van der Waals surface area contributed by atoms with Gasteiger partial charge in [-0.05, 0) is 24.6 Å². The van der Waals surface area contributed by atoms with Crippen LogP contribution in [0.3, 0.4) is 0 Å². The highest BCUT2D eigenvalue weighted by Crippen LogP contribution is 2.35. The van der Waals surface area contributed by atoms with Gasteiger partial charge in [0.05, 0.1) is 0 Å². The van der Waals surface area contributed by atoms with Gasteiger partial charge in [0.25, 0.3) is 0 Å². The lowest BCUT2D eigenvalue weighted by Gasteiger charge is -2.11. The first-order valence-corrected chi connectivity index (χ1v) is 7.28. The molecule has 0 saturated heterocycles. The number of nitrogens with two attached hydrogens (primary N) is 1. The Labute approximate surface area is 111 Å². The summed E-state index contributed by atoms with van der Waals surface area (Å²) in [6, 6.07) is 6.20. The molecule has 2 N–H and O–H groups in total. The van der Waals surface area contributed by atoms with Crippen LogP contribution in [0, 0.1) is 0 Å². The zero-order chi connectivity index (χ0) is 11.5. The van der Waals surface area contributed by atoms with Crippen molar-refractivity contribution in [1.29, 1.82) is 0 Å². The molecule has 5 heteroatoms. The molecule has 2 rings (SSSR count). The molecule has 84 valence electrons. The number of nitrogens with zero attached hydrogens (tertiary/aromatic N) is 1. The molecular formula is C11H11BrN2S2. The Kier molecular flexibility index (Phi) is 4.02. The van der Waals surface area contributed by atoms with Crippen molar-refractivity contribution < 1.29 is 0 Å². The van der Waals surface area contributed by atoms with Crippen LogP contribution in [0.2, 0.25) is 0 Å². The molecule has 16 heavy (non-hydrogen) atoms. The Bertz CT molecular complexity index is 469. The molecule has 0 aliphatic rings. The highest BCUT2D eigenvalue weighted by atomic mass is 79.9. The third kappa shape index (κ3) is 2.85. The van der Waals surface area contributed by atoms with Crippen molar-refractivity contribution in [1.82, 2.24) is 4.98 Å². The quantitative estimate of drug-likeness (QED) is 0.928. The third-order valence-electron chi connectivity index (χ3n) is 2.07. The molecular weight excluding hydrogens is 304 g/mol. The fraction of sp³-hybridized carbons (Fsp3) is 0.182. The Hall–Kier alpha value is -0.360. The second-order valence-electron chi connectivity index (χ2n) is 3.37. The molecule has 2 nitrogen and oxygen atoms in total. The van der Waals surface area contributed by atoms with Crippen LogP contribution in [0.1, 0.15) is 18.5 Å². The van der Waals surface area contributed by atoms with Crippen molar-refractivity contribution in [2.45, 2.75) is 22.2 Å². The van der Waals surface area contributed by atoms with Gasteiger partial charge in [0.15, 0.2) is 4.34 Å². The van der Waals surface area contributed by atoms with E-state index >= 15 is 0 Å². The zero-order valence-electron chi connectivity index (χ0n) is 8.68. The van der Waals surface area contributed by atoms with Crippen molar-refractivity contribution in [2.75, 3.05) is 0 Å². The smallest absolute Gasteiger partial charge is 0.154 e. The van der Waals surface area contributed by atoms with E-state index in [9.17, 15) is 0 Å². The van der Waals surface area contributed by atoms with Gasteiger partial charge >= 0.3 is 0 Å². The molecule has 0 spiro atoms. The standard InChI is InChI=1S/C11H11BrN2S2/c1-7(13)9-3-2-8(12)6-10(9)16-11-14-4-5-15-11/h2-7H,13H2,1H3. The molecule has 1 unspecified atom stereocenters. The van der Waals surface area contributed by atoms with E-state index in [1.807, 2.05) is 24.6 Å². The first-order chi connectivity index (χ1) is 7.66. The Morgan fingerprint density at radius 1 is 1.50 bits per heavy atom. The maximum atomic E-state index is 5.95. The second kappa shape index (κ2) is 5.31. The number of aromatic nitrogens is 1. The highest BCUT2D eigenvalue weighted by molar-refractivity contribution is 9.10. The zero-order valence-corrected chi connectivity index (χ0v) is 11.9. The molecule has 0 radical (unpaired) electrons. The minimum Gasteiger partial charge on any atom is -0.324 e. The van der Waals surface area contributed by atoms with Crippen LogP contribution in [0.15, 0.2) is 43.5 Å². The molecule has 0 bridgehead atoms. The third-order valence-corrected chi connectivity index (χ3v) is 4.52. The van der Waals surface area contributed by atoms with Gasteiger partial charge in [-0.3, -0.25) is 0 Å². The fourth-order valence-corrected chi connectivity index (χ4v) is 3.69. The van der Waals surface area contributed by atoms with Gasteiger partial charge in [-0.2, -0.15) is 0 Å². The topological polar surface area (TPSA) is 38.9 Å². The number of thiazole rings is 1. The minimum absolute atomic E-state index is 0.0376. The van der Waals surface area contributed by atoms with Crippen LogP contribution < -0.4 is 5.73 Å². The summed E-state index contributed by atoms with van der Waals surface area (Å²) < 4.78 is 2.11. The number of halogens is 1. The average molecular weight is 315 g/mol. The summed E-state index contributed by atoms with van der Waals surface area (Å²) >= 11 is 6.78. The van der Waals surface area contributed by atoms with Gasteiger partial charge in [-0.25, -0.2) is 4.98 Å². The van der Waals surface area contributed by atoms with E-state index in [4.69, 9.17) is 5.73 Å². The van der Waals surface area contributed by atoms with Crippen molar-refractivity contribution in [3.8, 4) is 0 Å². The minimum atomic E-state index is 0.0376. The summed E-state index contributed by atoms with van der Waals surface area (Å²) in [6.07, 6.45) is 1.82.